The molecule has 0 spiro atoms. The summed E-state index contributed by atoms with van der Waals surface area (Å²) >= 11 is 0. The van der Waals surface area contributed by atoms with Gasteiger partial charge in [0, 0.05) is 25.9 Å². The zero-order valence-electron chi connectivity index (χ0n) is 6.92. The molecule has 2 amide bonds. The topological polar surface area (TPSA) is 49.4 Å². The molecule has 0 bridgehead atoms. The molecule has 1 N–H and O–H groups in total. The molecule has 0 radical (unpaired) electrons. The summed E-state index contributed by atoms with van der Waals surface area (Å²) in [7, 11) is 3.11. The van der Waals surface area contributed by atoms with Crippen LogP contribution in [0.25, 0.3) is 0 Å². The highest BCUT2D eigenvalue weighted by molar-refractivity contribution is 5.92. The van der Waals surface area contributed by atoms with Crippen molar-refractivity contribution in [1.29, 1.82) is 0 Å². The highest BCUT2D eigenvalue weighted by Gasteiger charge is 2.00. The largest absolute Gasteiger partial charge is 0.355 e. The summed E-state index contributed by atoms with van der Waals surface area (Å²) in [6, 6.07) is 0. The molecule has 0 atom stereocenters. The first-order chi connectivity index (χ1) is 5.11. The lowest BCUT2D eigenvalue weighted by Crippen LogP contribution is -2.20. The van der Waals surface area contributed by atoms with Crippen LogP contribution in [0.2, 0.25) is 0 Å². The number of rotatable bonds is 3. The molecule has 11 heavy (non-hydrogen) atoms. The average molecular weight is 156 g/mol. The highest BCUT2D eigenvalue weighted by Crippen LogP contribution is 1.92. The standard InChI is InChI=1S/C7H12N2O2/c1-6(7(11)8-2)4-9(3)5-10/h4-5H,1-3H3,(H,8,11)/b6-4-. The minimum atomic E-state index is -0.182. The van der Waals surface area contributed by atoms with Crippen molar-refractivity contribution in [3.8, 4) is 0 Å². The van der Waals surface area contributed by atoms with Gasteiger partial charge in [0.2, 0.25) is 12.3 Å². The molecule has 0 aromatic heterocycles. The Balaban J connectivity index is 4.20. The fourth-order valence-electron chi connectivity index (χ4n) is 0.592. The second-order valence-corrected chi connectivity index (χ2v) is 2.16. The van der Waals surface area contributed by atoms with Crippen molar-refractivity contribution in [2.75, 3.05) is 14.1 Å². The maximum atomic E-state index is 10.8. The number of likely N-dealkylation sites (N-methyl/N-ethyl adjacent to an activating group) is 1. The van der Waals surface area contributed by atoms with Gasteiger partial charge in [0.15, 0.2) is 0 Å². The van der Waals surface area contributed by atoms with E-state index in [1.54, 1.807) is 21.0 Å². The van der Waals surface area contributed by atoms with Crippen LogP contribution in [0.5, 0.6) is 0 Å². The van der Waals surface area contributed by atoms with Gasteiger partial charge >= 0.3 is 0 Å². The Kier molecular flexibility index (Phi) is 3.95. The van der Waals surface area contributed by atoms with E-state index in [4.69, 9.17) is 0 Å². The Morgan fingerprint density at radius 1 is 1.55 bits per heavy atom. The molecule has 0 fully saturated rings. The van der Waals surface area contributed by atoms with E-state index in [0.29, 0.717) is 12.0 Å². The van der Waals surface area contributed by atoms with Gasteiger partial charge in [0.05, 0.1) is 0 Å². The molecule has 0 aromatic rings. The summed E-state index contributed by atoms with van der Waals surface area (Å²) in [6.45, 7) is 1.64. The number of carbonyl (C=O) groups is 2. The fourth-order valence-corrected chi connectivity index (χ4v) is 0.592. The Labute approximate surface area is 65.9 Å². The zero-order chi connectivity index (χ0) is 8.85. The first-order valence-corrected chi connectivity index (χ1v) is 3.19. The molecule has 0 aliphatic rings. The fraction of sp³-hybridized carbons (Fsp3) is 0.429. The zero-order valence-corrected chi connectivity index (χ0v) is 6.92. The average Bonchev–Trinajstić information content (AvgIpc) is 2.02. The van der Waals surface area contributed by atoms with E-state index < -0.39 is 0 Å². The second-order valence-electron chi connectivity index (χ2n) is 2.16. The Morgan fingerprint density at radius 3 is 2.45 bits per heavy atom. The lowest BCUT2D eigenvalue weighted by atomic mass is 10.3. The van der Waals surface area contributed by atoms with Crippen LogP contribution in [-0.4, -0.2) is 31.3 Å². The Morgan fingerprint density at radius 2 is 2.09 bits per heavy atom. The van der Waals surface area contributed by atoms with E-state index in [1.807, 2.05) is 0 Å². The number of amides is 2. The summed E-state index contributed by atoms with van der Waals surface area (Å²) in [5.74, 6) is -0.182. The third kappa shape index (κ3) is 3.40. The van der Waals surface area contributed by atoms with Crippen LogP contribution in [0.4, 0.5) is 0 Å². The van der Waals surface area contributed by atoms with Crippen LogP contribution < -0.4 is 5.32 Å². The van der Waals surface area contributed by atoms with E-state index >= 15 is 0 Å². The number of hydrogen-bond acceptors (Lipinski definition) is 2. The van der Waals surface area contributed by atoms with Crippen molar-refractivity contribution in [1.82, 2.24) is 10.2 Å². The molecule has 0 aliphatic carbocycles. The van der Waals surface area contributed by atoms with Crippen LogP contribution in [0, 0.1) is 0 Å². The van der Waals surface area contributed by atoms with Crippen molar-refractivity contribution in [2.45, 2.75) is 6.92 Å². The van der Waals surface area contributed by atoms with Gasteiger partial charge in [-0.15, -0.1) is 0 Å². The van der Waals surface area contributed by atoms with Crippen molar-refractivity contribution in [3.05, 3.63) is 11.8 Å². The number of nitrogens with zero attached hydrogens (tertiary/aromatic N) is 1. The van der Waals surface area contributed by atoms with E-state index in [2.05, 4.69) is 5.32 Å². The molecule has 0 aromatic carbocycles. The van der Waals surface area contributed by atoms with Crippen LogP contribution in [-0.2, 0) is 9.59 Å². The third-order valence-corrected chi connectivity index (χ3v) is 1.15. The maximum absolute atomic E-state index is 10.8. The third-order valence-electron chi connectivity index (χ3n) is 1.15. The molecular weight excluding hydrogens is 144 g/mol. The number of carbonyl (C=O) groups excluding carboxylic acids is 2. The number of nitrogens with one attached hydrogen (secondary N) is 1. The van der Waals surface area contributed by atoms with E-state index in [-0.39, 0.29) is 5.91 Å². The highest BCUT2D eigenvalue weighted by atomic mass is 16.2. The lowest BCUT2D eigenvalue weighted by molar-refractivity contribution is -0.117. The first kappa shape index (κ1) is 9.68. The van der Waals surface area contributed by atoms with E-state index in [9.17, 15) is 9.59 Å². The molecule has 0 rings (SSSR count). The quantitative estimate of drug-likeness (QED) is 0.451. The molecular formula is C7H12N2O2. The summed E-state index contributed by atoms with van der Waals surface area (Å²) < 4.78 is 0. The van der Waals surface area contributed by atoms with Gasteiger partial charge in [0.25, 0.3) is 0 Å². The van der Waals surface area contributed by atoms with Gasteiger partial charge in [-0.25, -0.2) is 0 Å². The maximum Gasteiger partial charge on any atom is 0.248 e. The van der Waals surface area contributed by atoms with Gasteiger partial charge in [0.1, 0.15) is 0 Å². The Bertz CT molecular complexity index is 187. The summed E-state index contributed by atoms with van der Waals surface area (Å²) in [5, 5.41) is 2.44. The summed E-state index contributed by atoms with van der Waals surface area (Å²) in [4.78, 5) is 22.2. The van der Waals surface area contributed by atoms with Gasteiger partial charge in [-0.3, -0.25) is 9.59 Å². The first-order valence-electron chi connectivity index (χ1n) is 3.19. The normalized spacial score (nSPS) is 10.6. The van der Waals surface area contributed by atoms with E-state index in [1.165, 1.54) is 11.1 Å². The molecule has 0 saturated carbocycles. The second kappa shape index (κ2) is 4.49. The van der Waals surface area contributed by atoms with Crippen molar-refractivity contribution < 1.29 is 9.59 Å². The van der Waals surface area contributed by atoms with Crippen LogP contribution >= 0.6 is 0 Å². The van der Waals surface area contributed by atoms with Gasteiger partial charge in [-0.05, 0) is 6.92 Å². The van der Waals surface area contributed by atoms with Gasteiger partial charge < -0.3 is 10.2 Å². The molecule has 4 nitrogen and oxygen atoms in total. The molecule has 0 unspecified atom stereocenters. The van der Waals surface area contributed by atoms with Crippen molar-refractivity contribution >= 4 is 12.3 Å². The van der Waals surface area contributed by atoms with Crippen LogP contribution in [0.3, 0.4) is 0 Å². The summed E-state index contributed by atoms with van der Waals surface area (Å²) in [5.41, 5.74) is 0.502. The van der Waals surface area contributed by atoms with Gasteiger partial charge in [-0.1, -0.05) is 0 Å². The predicted molar refractivity (Wildman–Crippen MR) is 41.7 cm³/mol. The molecule has 0 saturated heterocycles. The molecule has 0 aliphatic heterocycles. The van der Waals surface area contributed by atoms with Crippen molar-refractivity contribution in [2.24, 2.45) is 0 Å². The predicted octanol–water partition coefficient (Wildman–Crippen LogP) is -0.276. The van der Waals surface area contributed by atoms with Crippen molar-refractivity contribution in [3.63, 3.8) is 0 Å². The van der Waals surface area contributed by atoms with Gasteiger partial charge in [-0.2, -0.15) is 0 Å². The monoisotopic (exact) mass is 156 g/mol. The number of hydrogen-bond donors (Lipinski definition) is 1. The summed E-state index contributed by atoms with van der Waals surface area (Å²) in [6.07, 6.45) is 2.10. The Hall–Kier alpha value is -1.32. The molecule has 4 heteroatoms. The molecule has 62 valence electrons. The lowest BCUT2D eigenvalue weighted by Gasteiger charge is -2.04. The molecule has 0 heterocycles. The van der Waals surface area contributed by atoms with Crippen LogP contribution in [0.15, 0.2) is 11.8 Å². The van der Waals surface area contributed by atoms with Crippen LogP contribution in [0.1, 0.15) is 6.92 Å². The smallest absolute Gasteiger partial charge is 0.248 e. The minimum Gasteiger partial charge on any atom is -0.355 e. The van der Waals surface area contributed by atoms with E-state index in [0.717, 1.165) is 0 Å². The minimum absolute atomic E-state index is 0.182. The SMILES string of the molecule is CNC(=O)/C(C)=C\N(C)C=O.